The van der Waals surface area contributed by atoms with Crippen molar-refractivity contribution in [3.8, 4) is 0 Å². The van der Waals surface area contributed by atoms with Crippen molar-refractivity contribution in [3.05, 3.63) is 59.9 Å². The SMILES string of the molecule is O=C(c1ccncc1)N1CC[C@@]2(C1)NCc1ccccc1NC2=NC1CCCC1. The molecule has 6 nitrogen and oxygen atoms in total. The maximum Gasteiger partial charge on any atom is 0.254 e. The van der Waals surface area contributed by atoms with E-state index < -0.39 is 0 Å². The van der Waals surface area contributed by atoms with Crippen LogP contribution in [0.1, 0.15) is 48.0 Å². The highest BCUT2D eigenvalue weighted by Crippen LogP contribution is 2.32. The maximum atomic E-state index is 13.0. The molecule has 2 fully saturated rings. The number of hydrogen-bond acceptors (Lipinski definition) is 4. The maximum absolute atomic E-state index is 13.0. The van der Waals surface area contributed by atoms with E-state index >= 15 is 0 Å². The van der Waals surface area contributed by atoms with Crippen LogP contribution in [0.4, 0.5) is 5.69 Å². The predicted molar refractivity (Wildman–Crippen MR) is 114 cm³/mol. The van der Waals surface area contributed by atoms with Crippen LogP contribution in [0.25, 0.3) is 0 Å². The molecule has 5 rings (SSSR count). The van der Waals surface area contributed by atoms with Gasteiger partial charge in [0.05, 0.1) is 11.6 Å². The number of likely N-dealkylation sites (tertiary alicyclic amines) is 1. The van der Waals surface area contributed by atoms with Crippen molar-refractivity contribution in [2.24, 2.45) is 4.99 Å². The molecule has 3 heterocycles. The van der Waals surface area contributed by atoms with Gasteiger partial charge in [-0.25, -0.2) is 0 Å². The fourth-order valence-electron chi connectivity index (χ4n) is 4.76. The van der Waals surface area contributed by atoms with E-state index in [0.29, 0.717) is 18.2 Å². The molecule has 2 N–H and O–H groups in total. The van der Waals surface area contributed by atoms with Crippen molar-refractivity contribution in [1.82, 2.24) is 15.2 Å². The molecule has 1 saturated heterocycles. The fraction of sp³-hybridized carbons (Fsp3) is 0.435. The average molecular weight is 390 g/mol. The molecule has 1 aromatic carbocycles. The molecular formula is C23H27N5O. The van der Waals surface area contributed by atoms with Crippen molar-refractivity contribution >= 4 is 17.4 Å². The highest BCUT2D eigenvalue weighted by Gasteiger charge is 2.45. The molecule has 0 radical (unpaired) electrons. The first-order valence-electron chi connectivity index (χ1n) is 10.6. The van der Waals surface area contributed by atoms with E-state index in [1.807, 2.05) is 4.90 Å². The largest absolute Gasteiger partial charge is 0.342 e. The van der Waals surface area contributed by atoms with Gasteiger partial charge in [-0.3, -0.25) is 20.1 Å². The molecule has 0 bridgehead atoms. The highest BCUT2D eigenvalue weighted by molar-refractivity contribution is 6.05. The Kier molecular flexibility index (Phi) is 4.79. The molecule has 0 unspecified atom stereocenters. The summed E-state index contributed by atoms with van der Waals surface area (Å²) in [5.74, 6) is 1.06. The topological polar surface area (TPSA) is 69.6 Å². The third-order valence-corrected chi connectivity index (χ3v) is 6.46. The molecule has 150 valence electrons. The van der Waals surface area contributed by atoms with Crippen molar-refractivity contribution in [1.29, 1.82) is 0 Å². The molecule has 6 heteroatoms. The zero-order valence-corrected chi connectivity index (χ0v) is 16.6. The van der Waals surface area contributed by atoms with Gasteiger partial charge in [-0.2, -0.15) is 0 Å². The fourth-order valence-corrected chi connectivity index (χ4v) is 4.76. The minimum absolute atomic E-state index is 0.0630. The van der Waals surface area contributed by atoms with Gasteiger partial charge in [0.15, 0.2) is 0 Å². The molecule has 2 aromatic rings. The summed E-state index contributed by atoms with van der Waals surface area (Å²) in [7, 11) is 0. The van der Waals surface area contributed by atoms with Crippen LogP contribution in [-0.4, -0.2) is 46.3 Å². The van der Waals surface area contributed by atoms with Gasteiger partial charge in [0.2, 0.25) is 0 Å². The molecule has 2 aliphatic heterocycles. The van der Waals surface area contributed by atoms with Crippen molar-refractivity contribution in [3.63, 3.8) is 0 Å². The number of nitrogens with one attached hydrogen (secondary N) is 2. The molecular weight excluding hydrogens is 362 g/mol. The summed E-state index contributed by atoms with van der Waals surface area (Å²) in [6.07, 6.45) is 9.03. The van der Waals surface area contributed by atoms with Gasteiger partial charge in [-0.1, -0.05) is 31.0 Å². The number of pyridine rings is 1. The predicted octanol–water partition coefficient (Wildman–Crippen LogP) is 3.22. The van der Waals surface area contributed by atoms with Gasteiger partial charge in [0, 0.05) is 43.3 Å². The molecule has 1 atom stereocenters. The van der Waals surface area contributed by atoms with Crippen LogP contribution < -0.4 is 10.6 Å². The van der Waals surface area contributed by atoms with Crippen molar-refractivity contribution < 1.29 is 4.79 Å². The number of fused-ring (bicyclic) bond motifs is 1. The van der Waals surface area contributed by atoms with Gasteiger partial charge in [-0.05, 0) is 43.0 Å². The van der Waals surface area contributed by atoms with Gasteiger partial charge >= 0.3 is 0 Å². The Morgan fingerprint density at radius 3 is 2.76 bits per heavy atom. The average Bonchev–Trinajstić information content (AvgIpc) is 3.40. The molecule has 1 aliphatic carbocycles. The van der Waals surface area contributed by atoms with E-state index in [-0.39, 0.29) is 11.4 Å². The molecule has 1 spiro atoms. The summed E-state index contributed by atoms with van der Waals surface area (Å²) in [6, 6.07) is 12.4. The number of benzene rings is 1. The van der Waals surface area contributed by atoms with Crippen LogP contribution in [0, 0.1) is 0 Å². The second-order valence-electron chi connectivity index (χ2n) is 8.35. The number of anilines is 1. The molecule has 1 amide bonds. The van der Waals surface area contributed by atoms with Crippen LogP contribution >= 0.6 is 0 Å². The first kappa shape index (κ1) is 18.3. The van der Waals surface area contributed by atoms with E-state index in [0.717, 1.165) is 43.9 Å². The normalized spacial score (nSPS) is 25.8. The highest BCUT2D eigenvalue weighted by atomic mass is 16.2. The number of carbonyl (C=O) groups excluding carboxylic acids is 1. The molecule has 29 heavy (non-hydrogen) atoms. The lowest BCUT2D eigenvalue weighted by atomic mass is 9.96. The third-order valence-electron chi connectivity index (χ3n) is 6.46. The van der Waals surface area contributed by atoms with E-state index in [4.69, 9.17) is 4.99 Å². The standard InChI is InChI=1S/C23H27N5O/c29-21(17-9-12-24-13-10-17)28-14-11-23(16-28)22(26-19-6-2-3-7-19)27-20-8-4-1-5-18(20)15-25-23/h1,4-5,8-10,12-13,19,25H,2-3,6-7,11,14-16H2,(H,26,27)/t23-/m0/s1. The van der Waals surface area contributed by atoms with Crippen LogP contribution in [0.15, 0.2) is 53.8 Å². The second-order valence-corrected chi connectivity index (χ2v) is 8.35. The third kappa shape index (κ3) is 3.53. The second kappa shape index (κ2) is 7.59. The Hall–Kier alpha value is -2.73. The first-order valence-corrected chi connectivity index (χ1v) is 10.6. The lowest BCUT2D eigenvalue weighted by Gasteiger charge is -2.31. The van der Waals surface area contributed by atoms with Gasteiger partial charge in [-0.15, -0.1) is 0 Å². The molecule has 1 aromatic heterocycles. The van der Waals surface area contributed by atoms with Crippen LogP contribution in [-0.2, 0) is 6.54 Å². The van der Waals surface area contributed by atoms with Crippen molar-refractivity contribution in [2.75, 3.05) is 18.4 Å². The monoisotopic (exact) mass is 389 g/mol. The Bertz CT molecular complexity index is 922. The number of nitrogens with zero attached hydrogens (tertiary/aromatic N) is 3. The number of amidine groups is 1. The van der Waals surface area contributed by atoms with E-state index in [1.165, 1.54) is 18.4 Å². The number of rotatable bonds is 2. The lowest BCUT2D eigenvalue weighted by molar-refractivity contribution is 0.0785. The molecule has 3 aliphatic rings. The van der Waals surface area contributed by atoms with Gasteiger partial charge < -0.3 is 10.2 Å². The van der Waals surface area contributed by atoms with Crippen LogP contribution in [0.2, 0.25) is 0 Å². The number of carbonyl (C=O) groups is 1. The molecule has 1 saturated carbocycles. The zero-order chi connectivity index (χ0) is 19.7. The van der Waals surface area contributed by atoms with E-state index in [2.05, 4.69) is 39.9 Å². The minimum Gasteiger partial charge on any atom is -0.342 e. The summed E-state index contributed by atoms with van der Waals surface area (Å²) in [5.41, 5.74) is 2.72. The number of aliphatic imine (C=N–C) groups is 1. The lowest BCUT2D eigenvalue weighted by Crippen LogP contribution is -2.55. The van der Waals surface area contributed by atoms with E-state index in [1.54, 1.807) is 24.5 Å². The summed E-state index contributed by atoms with van der Waals surface area (Å²) in [6.45, 7) is 2.11. The number of hydrogen-bond donors (Lipinski definition) is 2. The smallest absolute Gasteiger partial charge is 0.254 e. The Morgan fingerprint density at radius 2 is 1.93 bits per heavy atom. The quantitative estimate of drug-likeness (QED) is 0.827. The summed E-state index contributed by atoms with van der Waals surface area (Å²) in [5, 5.41) is 7.43. The van der Waals surface area contributed by atoms with Gasteiger partial charge in [0.25, 0.3) is 5.91 Å². The minimum atomic E-state index is -0.329. The van der Waals surface area contributed by atoms with Crippen LogP contribution in [0.5, 0.6) is 0 Å². The summed E-state index contributed by atoms with van der Waals surface area (Å²) in [4.78, 5) is 24.2. The zero-order valence-electron chi connectivity index (χ0n) is 16.6. The number of amides is 1. The van der Waals surface area contributed by atoms with Gasteiger partial charge in [0.1, 0.15) is 5.84 Å². The Balaban J connectivity index is 1.46. The number of aromatic nitrogens is 1. The summed E-state index contributed by atoms with van der Waals surface area (Å²) < 4.78 is 0. The Morgan fingerprint density at radius 1 is 1.14 bits per heavy atom. The van der Waals surface area contributed by atoms with Crippen LogP contribution in [0.3, 0.4) is 0 Å². The first-order chi connectivity index (χ1) is 14.2. The Labute approximate surface area is 171 Å². The number of para-hydroxylation sites is 1. The summed E-state index contributed by atoms with van der Waals surface area (Å²) >= 11 is 0. The van der Waals surface area contributed by atoms with E-state index in [9.17, 15) is 4.79 Å². The van der Waals surface area contributed by atoms with Crippen molar-refractivity contribution in [2.45, 2.75) is 50.2 Å².